The molecule has 116 valence electrons. The van der Waals surface area contributed by atoms with Crippen LogP contribution in [0.25, 0.3) is 0 Å². The van der Waals surface area contributed by atoms with E-state index in [1.54, 1.807) is 7.11 Å². The molecule has 0 fully saturated rings. The third-order valence-electron chi connectivity index (χ3n) is 3.35. The largest absolute Gasteiger partial charge is 0.497 e. The van der Waals surface area contributed by atoms with E-state index in [1.165, 1.54) is 0 Å². The van der Waals surface area contributed by atoms with Crippen molar-refractivity contribution in [3.8, 4) is 5.75 Å². The number of rotatable bonds is 5. The molecule has 0 saturated heterocycles. The van der Waals surface area contributed by atoms with Crippen LogP contribution in [0.1, 0.15) is 24.9 Å². The van der Waals surface area contributed by atoms with Crippen LogP contribution in [0, 0.1) is 0 Å². The molecule has 0 radical (unpaired) electrons. The fourth-order valence-electron chi connectivity index (χ4n) is 2.14. The van der Waals surface area contributed by atoms with Gasteiger partial charge in [-0.1, -0.05) is 42.8 Å². The number of anilines is 1. The van der Waals surface area contributed by atoms with Gasteiger partial charge in [-0.05, 0) is 48.5 Å². The minimum Gasteiger partial charge on any atom is -0.497 e. The molecule has 2 aromatic carbocycles. The summed E-state index contributed by atoms with van der Waals surface area (Å²) in [6.45, 7) is 2.11. The number of hydrogen-bond donors (Lipinski definition) is 2. The lowest BCUT2D eigenvalue weighted by molar-refractivity contribution is 0.414. The predicted molar refractivity (Wildman–Crippen MR) is 96.8 cm³/mol. The van der Waals surface area contributed by atoms with Crippen LogP contribution in [0.4, 0.5) is 5.69 Å². The molecule has 0 aliphatic carbocycles. The van der Waals surface area contributed by atoms with E-state index in [0.717, 1.165) is 23.4 Å². The lowest BCUT2D eigenvalue weighted by Crippen LogP contribution is -2.32. The topological polar surface area (TPSA) is 33.3 Å². The third-order valence-corrected chi connectivity index (χ3v) is 3.90. The Morgan fingerprint density at radius 3 is 2.45 bits per heavy atom. The molecule has 0 bridgehead atoms. The maximum absolute atomic E-state index is 6.13. The van der Waals surface area contributed by atoms with Crippen molar-refractivity contribution < 1.29 is 4.74 Å². The Morgan fingerprint density at radius 1 is 1.18 bits per heavy atom. The van der Waals surface area contributed by atoms with Gasteiger partial charge in [0.2, 0.25) is 0 Å². The Morgan fingerprint density at radius 2 is 1.86 bits per heavy atom. The van der Waals surface area contributed by atoms with Gasteiger partial charge in [0, 0.05) is 0 Å². The molecule has 0 aliphatic heterocycles. The van der Waals surface area contributed by atoms with Gasteiger partial charge in [-0.15, -0.1) is 0 Å². The first kappa shape index (κ1) is 16.6. The van der Waals surface area contributed by atoms with E-state index in [1.807, 2.05) is 48.5 Å². The van der Waals surface area contributed by atoms with E-state index < -0.39 is 0 Å². The highest BCUT2D eigenvalue weighted by Gasteiger charge is 2.11. The van der Waals surface area contributed by atoms with Crippen molar-refractivity contribution in [1.82, 2.24) is 5.32 Å². The fourth-order valence-corrected chi connectivity index (χ4v) is 2.57. The van der Waals surface area contributed by atoms with Crippen LogP contribution in [-0.4, -0.2) is 12.2 Å². The van der Waals surface area contributed by atoms with Gasteiger partial charge in [0.05, 0.1) is 23.9 Å². The molecule has 3 nitrogen and oxygen atoms in total. The Kier molecular flexibility index (Phi) is 6.04. The highest BCUT2D eigenvalue weighted by atomic mass is 35.5. The van der Waals surface area contributed by atoms with E-state index in [2.05, 4.69) is 17.6 Å². The fraction of sp³-hybridized carbons (Fsp3) is 0.235. The van der Waals surface area contributed by atoms with E-state index in [0.29, 0.717) is 10.1 Å². The van der Waals surface area contributed by atoms with Gasteiger partial charge in [0.15, 0.2) is 5.11 Å². The van der Waals surface area contributed by atoms with Crippen molar-refractivity contribution >= 4 is 34.6 Å². The number of nitrogens with one attached hydrogen (secondary N) is 2. The van der Waals surface area contributed by atoms with E-state index in [9.17, 15) is 0 Å². The molecule has 0 saturated carbocycles. The zero-order valence-electron chi connectivity index (χ0n) is 12.6. The lowest BCUT2D eigenvalue weighted by atomic mass is 10.0. The smallest absolute Gasteiger partial charge is 0.171 e. The number of methoxy groups -OCH3 is 1. The summed E-state index contributed by atoms with van der Waals surface area (Å²) in [6.07, 6.45) is 0.913. The Hall–Kier alpha value is -1.78. The number of para-hydroxylation sites is 1. The molecule has 0 aromatic heterocycles. The summed E-state index contributed by atoms with van der Waals surface area (Å²) in [5, 5.41) is 7.64. The van der Waals surface area contributed by atoms with Crippen molar-refractivity contribution in [2.75, 3.05) is 12.4 Å². The lowest BCUT2D eigenvalue weighted by Gasteiger charge is -2.20. The second-order valence-corrected chi connectivity index (χ2v) is 5.63. The molecule has 0 amide bonds. The standard InChI is InChI=1S/C17H19ClN2OS/c1-3-15(12-8-10-13(21-2)11-9-12)19-17(22)20-16-7-5-4-6-14(16)18/h4-11,15H,3H2,1-2H3,(H2,19,20,22)/t15-/m1/s1. The molecule has 0 spiro atoms. The van der Waals surface area contributed by atoms with Crippen molar-refractivity contribution in [2.24, 2.45) is 0 Å². The average molecular weight is 335 g/mol. The maximum Gasteiger partial charge on any atom is 0.171 e. The average Bonchev–Trinajstić information content (AvgIpc) is 2.55. The van der Waals surface area contributed by atoms with Crippen LogP contribution in [-0.2, 0) is 0 Å². The molecule has 22 heavy (non-hydrogen) atoms. The number of halogens is 1. The Bertz CT molecular complexity index is 631. The minimum absolute atomic E-state index is 0.133. The molecular formula is C17H19ClN2OS. The van der Waals surface area contributed by atoms with Crippen LogP contribution in [0.5, 0.6) is 5.75 Å². The van der Waals surface area contributed by atoms with Crippen molar-refractivity contribution in [2.45, 2.75) is 19.4 Å². The Balaban J connectivity index is 2.03. The molecule has 1 atom stereocenters. The summed E-state index contributed by atoms with van der Waals surface area (Å²) in [5.74, 6) is 0.843. The summed E-state index contributed by atoms with van der Waals surface area (Å²) < 4.78 is 5.18. The SMILES string of the molecule is CC[C@@H](NC(=S)Nc1ccccc1Cl)c1ccc(OC)cc1. The molecule has 0 unspecified atom stereocenters. The van der Waals surface area contributed by atoms with Gasteiger partial charge < -0.3 is 15.4 Å². The number of ether oxygens (including phenoxy) is 1. The van der Waals surface area contributed by atoms with Gasteiger partial charge in [0.1, 0.15) is 5.75 Å². The monoisotopic (exact) mass is 334 g/mol. The first-order valence-corrected chi connectivity index (χ1v) is 7.88. The first-order chi connectivity index (χ1) is 10.6. The zero-order chi connectivity index (χ0) is 15.9. The predicted octanol–water partition coefficient (Wildman–Crippen LogP) is 4.79. The van der Waals surface area contributed by atoms with E-state index in [4.69, 9.17) is 28.6 Å². The van der Waals surface area contributed by atoms with Crippen LogP contribution >= 0.6 is 23.8 Å². The van der Waals surface area contributed by atoms with Gasteiger partial charge >= 0.3 is 0 Å². The van der Waals surface area contributed by atoms with Gasteiger partial charge in [-0.2, -0.15) is 0 Å². The number of thiocarbonyl (C=S) groups is 1. The second kappa shape index (κ2) is 8.01. The van der Waals surface area contributed by atoms with Gasteiger partial charge in [-0.3, -0.25) is 0 Å². The van der Waals surface area contributed by atoms with Crippen LogP contribution in [0.3, 0.4) is 0 Å². The normalized spacial score (nSPS) is 11.6. The highest BCUT2D eigenvalue weighted by Crippen LogP contribution is 2.22. The second-order valence-electron chi connectivity index (χ2n) is 4.81. The molecule has 2 aromatic rings. The number of hydrogen-bond acceptors (Lipinski definition) is 2. The molecule has 0 heterocycles. The van der Waals surface area contributed by atoms with E-state index >= 15 is 0 Å². The summed E-state index contributed by atoms with van der Waals surface area (Å²) in [6, 6.07) is 15.6. The Labute approximate surface area is 141 Å². The number of benzene rings is 2. The van der Waals surface area contributed by atoms with Crippen molar-refractivity contribution in [3.63, 3.8) is 0 Å². The quantitative estimate of drug-likeness (QED) is 0.770. The minimum atomic E-state index is 0.133. The summed E-state index contributed by atoms with van der Waals surface area (Å²) in [4.78, 5) is 0. The summed E-state index contributed by atoms with van der Waals surface area (Å²) in [5.41, 5.74) is 1.96. The third kappa shape index (κ3) is 4.36. The van der Waals surface area contributed by atoms with Gasteiger partial charge in [-0.25, -0.2) is 0 Å². The molecule has 0 aliphatic rings. The van der Waals surface area contributed by atoms with Crippen molar-refractivity contribution in [1.29, 1.82) is 0 Å². The maximum atomic E-state index is 6.13. The zero-order valence-corrected chi connectivity index (χ0v) is 14.2. The molecule has 2 N–H and O–H groups in total. The first-order valence-electron chi connectivity index (χ1n) is 7.10. The molecule has 2 rings (SSSR count). The van der Waals surface area contributed by atoms with Crippen LogP contribution in [0.2, 0.25) is 5.02 Å². The van der Waals surface area contributed by atoms with Crippen LogP contribution < -0.4 is 15.4 Å². The van der Waals surface area contributed by atoms with Crippen LogP contribution in [0.15, 0.2) is 48.5 Å². The van der Waals surface area contributed by atoms with Crippen molar-refractivity contribution in [3.05, 3.63) is 59.1 Å². The summed E-state index contributed by atoms with van der Waals surface area (Å²) >= 11 is 11.5. The molecule has 5 heteroatoms. The highest BCUT2D eigenvalue weighted by molar-refractivity contribution is 7.80. The summed E-state index contributed by atoms with van der Waals surface area (Å²) in [7, 11) is 1.66. The van der Waals surface area contributed by atoms with Gasteiger partial charge in [0.25, 0.3) is 0 Å². The molecular weight excluding hydrogens is 316 g/mol. The van der Waals surface area contributed by atoms with E-state index in [-0.39, 0.29) is 6.04 Å².